The Morgan fingerprint density at radius 2 is 2.39 bits per heavy atom. The number of amides is 1. The van der Waals surface area contributed by atoms with Crippen molar-refractivity contribution in [1.82, 2.24) is 20.0 Å². The fourth-order valence-electron chi connectivity index (χ4n) is 2.59. The molecular weight excluding hydrogens is 296 g/mol. The largest absolute Gasteiger partial charge is 0.379 e. The number of hydrogen-bond donors (Lipinski definition) is 1. The topological polar surface area (TPSA) is 68.6 Å². The Morgan fingerprint density at radius 1 is 1.57 bits per heavy atom. The van der Waals surface area contributed by atoms with Crippen LogP contribution in [-0.2, 0) is 27.7 Å². The number of ether oxygens (including phenoxy) is 2. The Bertz CT molecular complexity index is 489. The first-order valence-corrected chi connectivity index (χ1v) is 8.16. The van der Waals surface area contributed by atoms with Gasteiger partial charge in [0.05, 0.1) is 19.3 Å². The molecule has 2 heterocycles. The molecular formula is C16H28N4O3. The van der Waals surface area contributed by atoms with Gasteiger partial charge < -0.3 is 19.7 Å². The number of likely N-dealkylation sites (N-methyl/N-ethyl adjacent to an activating group) is 1. The number of hydrogen-bond acceptors (Lipinski definition) is 5. The number of carbonyl (C=O) groups excluding carboxylic acids is 1. The van der Waals surface area contributed by atoms with Gasteiger partial charge in [-0.15, -0.1) is 0 Å². The Morgan fingerprint density at radius 3 is 3.09 bits per heavy atom. The number of carbonyl (C=O) groups is 1. The van der Waals surface area contributed by atoms with E-state index < -0.39 is 0 Å². The average molecular weight is 324 g/mol. The lowest BCUT2D eigenvalue weighted by Gasteiger charge is -2.32. The third kappa shape index (κ3) is 5.93. The van der Waals surface area contributed by atoms with Gasteiger partial charge in [0.1, 0.15) is 6.10 Å². The van der Waals surface area contributed by atoms with Gasteiger partial charge in [-0.2, -0.15) is 5.10 Å². The predicted molar refractivity (Wildman–Crippen MR) is 87.2 cm³/mol. The Labute approximate surface area is 137 Å². The molecule has 0 spiro atoms. The number of nitrogens with zero attached hydrogens (tertiary/aromatic N) is 3. The number of nitrogens with one attached hydrogen (secondary N) is 1. The van der Waals surface area contributed by atoms with Gasteiger partial charge in [0.25, 0.3) is 0 Å². The molecule has 1 N–H and O–H groups in total. The van der Waals surface area contributed by atoms with Crippen molar-refractivity contribution in [2.75, 3.05) is 40.5 Å². The highest BCUT2D eigenvalue weighted by Gasteiger charge is 2.27. The molecule has 23 heavy (non-hydrogen) atoms. The molecule has 1 aromatic rings. The van der Waals surface area contributed by atoms with Crippen molar-refractivity contribution in [1.29, 1.82) is 0 Å². The zero-order chi connectivity index (χ0) is 16.7. The molecule has 0 saturated carbocycles. The summed E-state index contributed by atoms with van der Waals surface area (Å²) < 4.78 is 13.2. The maximum Gasteiger partial charge on any atom is 0.220 e. The lowest BCUT2D eigenvalue weighted by atomic mass is 10.1. The van der Waals surface area contributed by atoms with Gasteiger partial charge in [0.15, 0.2) is 0 Å². The number of rotatable bonds is 8. The zero-order valence-corrected chi connectivity index (χ0v) is 14.3. The first-order chi connectivity index (χ1) is 11.1. The molecule has 0 aromatic carbocycles. The van der Waals surface area contributed by atoms with Crippen LogP contribution in [-0.4, -0.2) is 73.2 Å². The molecule has 0 bridgehead atoms. The van der Waals surface area contributed by atoms with Crippen molar-refractivity contribution in [3.8, 4) is 0 Å². The first-order valence-electron chi connectivity index (χ1n) is 8.16. The van der Waals surface area contributed by atoms with E-state index in [1.54, 1.807) is 10.9 Å². The van der Waals surface area contributed by atoms with Gasteiger partial charge in [0, 0.05) is 38.5 Å². The summed E-state index contributed by atoms with van der Waals surface area (Å²) in [5, 5.41) is 7.22. The van der Waals surface area contributed by atoms with Crippen LogP contribution in [0, 0.1) is 0 Å². The third-order valence-electron chi connectivity index (χ3n) is 4.05. The van der Waals surface area contributed by atoms with Gasteiger partial charge in [-0.25, -0.2) is 0 Å². The van der Waals surface area contributed by atoms with Crippen molar-refractivity contribution < 1.29 is 14.3 Å². The quantitative estimate of drug-likeness (QED) is 0.740. The summed E-state index contributed by atoms with van der Waals surface area (Å²) in [5.74, 6) is 0.0549. The van der Waals surface area contributed by atoms with Crippen LogP contribution >= 0.6 is 0 Å². The Balaban J connectivity index is 1.76. The van der Waals surface area contributed by atoms with Crippen molar-refractivity contribution in [2.24, 2.45) is 7.05 Å². The van der Waals surface area contributed by atoms with E-state index in [1.807, 2.05) is 27.2 Å². The Kier molecular flexibility index (Phi) is 7.01. The van der Waals surface area contributed by atoms with Gasteiger partial charge in [-0.1, -0.05) is 0 Å². The summed E-state index contributed by atoms with van der Waals surface area (Å²) in [5.41, 5.74) is 1.06. The number of aromatic nitrogens is 2. The minimum absolute atomic E-state index is 0.0324. The second kappa shape index (κ2) is 9.00. The van der Waals surface area contributed by atoms with E-state index in [2.05, 4.69) is 15.3 Å². The smallest absolute Gasteiger partial charge is 0.220 e. The maximum absolute atomic E-state index is 12.2. The van der Waals surface area contributed by atoms with E-state index in [0.717, 1.165) is 18.7 Å². The van der Waals surface area contributed by atoms with Crippen molar-refractivity contribution >= 4 is 5.91 Å². The second-order valence-electron chi connectivity index (χ2n) is 6.20. The molecule has 1 saturated heterocycles. The van der Waals surface area contributed by atoms with Crippen LogP contribution in [0.4, 0.5) is 0 Å². The van der Waals surface area contributed by atoms with Crippen LogP contribution in [0.1, 0.15) is 18.5 Å². The fraction of sp³-hybridized carbons (Fsp3) is 0.750. The molecule has 1 aliphatic heterocycles. The van der Waals surface area contributed by atoms with Crippen LogP contribution in [0.3, 0.4) is 0 Å². The first kappa shape index (κ1) is 17.9. The van der Waals surface area contributed by atoms with Crippen LogP contribution in [0.25, 0.3) is 0 Å². The highest BCUT2D eigenvalue weighted by molar-refractivity contribution is 5.76. The summed E-state index contributed by atoms with van der Waals surface area (Å²) >= 11 is 0. The lowest BCUT2D eigenvalue weighted by Crippen LogP contribution is -2.50. The van der Waals surface area contributed by atoms with Gasteiger partial charge in [-0.3, -0.25) is 9.48 Å². The second-order valence-corrected chi connectivity index (χ2v) is 6.20. The van der Waals surface area contributed by atoms with E-state index in [9.17, 15) is 4.79 Å². The number of aryl methyl sites for hydroxylation is 2. The molecule has 1 aliphatic rings. The summed E-state index contributed by atoms with van der Waals surface area (Å²) in [6, 6.07) is 1.97. The molecule has 130 valence electrons. The zero-order valence-electron chi connectivity index (χ0n) is 14.3. The SMILES string of the molecule is CN(C)CCOC1COCCC1NC(=O)CCc1ccnn1C. The van der Waals surface area contributed by atoms with E-state index in [0.29, 0.717) is 32.7 Å². The molecule has 1 amide bonds. The Hall–Kier alpha value is -1.44. The van der Waals surface area contributed by atoms with Crippen LogP contribution in [0.2, 0.25) is 0 Å². The molecule has 0 aliphatic carbocycles. The van der Waals surface area contributed by atoms with E-state index in [-0.39, 0.29) is 18.1 Å². The highest BCUT2D eigenvalue weighted by Crippen LogP contribution is 2.12. The molecule has 0 radical (unpaired) electrons. The minimum Gasteiger partial charge on any atom is -0.379 e. The summed E-state index contributed by atoms with van der Waals surface area (Å²) in [7, 11) is 5.91. The van der Waals surface area contributed by atoms with Crippen molar-refractivity contribution in [2.45, 2.75) is 31.4 Å². The summed E-state index contributed by atoms with van der Waals surface area (Å²) in [4.78, 5) is 14.3. The normalized spacial score (nSPS) is 21.6. The van der Waals surface area contributed by atoms with E-state index in [1.165, 1.54) is 0 Å². The van der Waals surface area contributed by atoms with Crippen LogP contribution in [0.15, 0.2) is 12.3 Å². The molecule has 7 heteroatoms. The molecule has 1 aromatic heterocycles. The minimum atomic E-state index is -0.0654. The van der Waals surface area contributed by atoms with Gasteiger partial charge >= 0.3 is 0 Å². The summed E-state index contributed by atoms with van der Waals surface area (Å²) in [6.45, 7) is 2.71. The lowest BCUT2D eigenvalue weighted by molar-refractivity contribution is -0.126. The molecule has 2 rings (SSSR count). The average Bonchev–Trinajstić information content (AvgIpc) is 2.92. The fourth-order valence-corrected chi connectivity index (χ4v) is 2.59. The third-order valence-corrected chi connectivity index (χ3v) is 4.05. The monoisotopic (exact) mass is 324 g/mol. The van der Waals surface area contributed by atoms with E-state index >= 15 is 0 Å². The highest BCUT2D eigenvalue weighted by atomic mass is 16.5. The molecule has 2 unspecified atom stereocenters. The van der Waals surface area contributed by atoms with Crippen LogP contribution < -0.4 is 5.32 Å². The van der Waals surface area contributed by atoms with Crippen molar-refractivity contribution in [3.63, 3.8) is 0 Å². The standard InChI is InChI=1S/C16H28N4O3/c1-19(2)9-11-23-15-12-22-10-7-14(15)18-16(21)5-4-13-6-8-17-20(13)3/h6,8,14-15H,4-5,7,9-12H2,1-3H3,(H,18,21). The predicted octanol–water partition coefficient (Wildman–Crippen LogP) is 0.205. The van der Waals surface area contributed by atoms with Gasteiger partial charge in [0.2, 0.25) is 5.91 Å². The van der Waals surface area contributed by atoms with Crippen LogP contribution in [0.5, 0.6) is 0 Å². The maximum atomic E-state index is 12.2. The molecule has 2 atom stereocenters. The van der Waals surface area contributed by atoms with Crippen molar-refractivity contribution in [3.05, 3.63) is 18.0 Å². The molecule has 7 nitrogen and oxygen atoms in total. The molecule has 1 fully saturated rings. The van der Waals surface area contributed by atoms with E-state index in [4.69, 9.17) is 9.47 Å². The van der Waals surface area contributed by atoms with Gasteiger partial charge in [-0.05, 0) is 33.0 Å². The summed E-state index contributed by atoms with van der Waals surface area (Å²) in [6.07, 6.45) is 3.63.